The fourth-order valence-corrected chi connectivity index (χ4v) is 3.10. The van der Waals surface area contributed by atoms with Crippen molar-refractivity contribution in [2.75, 3.05) is 0 Å². The molecule has 4 bridgehead atoms. The van der Waals surface area contributed by atoms with Crippen LogP contribution in [0.4, 0.5) is 0 Å². The third-order valence-electron chi connectivity index (χ3n) is 3.34. The molecular formula is C9H12. The SMILES string of the molecule is C1=C2CC3CC1CC2C3. The summed E-state index contributed by atoms with van der Waals surface area (Å²) in [5.74, 6) is 3.21. The van der Waals surface area contributed by atoms with Gasteiger partial charge in [0, 0.05) is 0 Å². The van der Waals surface area contributed by atoms with Crippen LogP contribution in [0.2, 0.25) is 0 Å². The standard InChI is InChI=1S/C9H12/c1-6-2-8-4-7(1)5-9(8)3-6/h2,6-7,9H,1,3-5H2. The van der Waals surface area contributed by atoms with Gasteiger partial charge in [-0.05, 0) is 43.4 Å². The summed E-state index contributed by atoms with van der Waals surface area (Å²) in [6.45, 7) is 0. The van der Waals surface area contributed by atoms with Crippen molar-refractivity contribution in [2.24, 2.45) is 17.8 Å². The Labute approximate surface area is 56.0 Å². The van der Waals surface area contributed by atoms with Crippen LogP contribution in [0, 0.1) is 17.8 Å². The van der Waals surface area contributed by atoms with E-state index in [2.05, 4.69) is 6.08 Å². The van der Waals surface area contributed by atoms with E-state index in [9.17, 15) is 0 Å². The zero-order valence-corrected chi connectivity index (χ0v) is 5.64. The highest BCUT2D eigenvalue weighted by Gasteiger charge is 2.41. The maximum Gasteiger partial charge on any atom is -0.0195 e. The van der Waals surface area contributed by atoms with Gasteiger partial charge in [0.05, 0.1) is 0 Å². The molecule has 2 fully saturated rings. The van der Waals surface area contributed by atoms with Gasteiger partial charge in [0.25, 0.3) is 0 Å². The molecule has 0 N–H and O–H groups in total. The van der Waals surface area contributed by atoms with Gasteiger partial charge in [-0.25, -0.2) is 0 Å². The highest BCUT2D eigenvalue weighted by atomic mass is 14.5. The van der Waals surface area contributed by atoms with Crippen LogP contribution >= 0.6 is 0 Å². The lowest BCUT2D eigenvalue weighted by Crippen LogP contribution is -2.10. The number of allylic oxidation sites excluding steroid dienone is 2. The molecule has 4 aliphatic carbocycles. The predicted octanol–water partition coefficient (Wildman–Crippen LogP) is 2.36. The Bertz CT molecular complexity index is 176. The minimum absolute atomic E-state index is 1.03. The van der Waals surface area contributed by atoms with Gasteiger partial charge < -0.3 is 0 Å². The minimum atomic E-state index is 1.03. The Morgan fingerprint density at radius 2 is 2.22 bits per heavy atom. The molecule has 0 nitrogen and oxygen atoms in total. The Morgan fingerprint density at radius 3 is 2.89 bits per heavy atom. The Morgan fingerprint density at radius 1 is 1.22 bits per heavy atom. The van der Waals surface area contributed by atoms with Crippen molar-refractivity contribution in [1.29, 1.82) is 0 Å². The van der Waals surface area contributed by atoms with Crippen LogP contribution < -0.4 is 0 Å². The first-order valence-electron chi connectivity index (χ1n) is 4.12. The fourth-order valence-electron chi connectivity index (χ4n) is 3.10. The summed E-state index contributed by atoms with van der Waals surface area (Å²) in [5.41, 5.74) is 1.83. The first kappa shape index (κ1) is 4.54. The quantitative estimate of drug-likeness (QED) is 0.430. The molecule has 4 rings (SSSR count). The second-order valence-electron chi connectivity index (χ2n) is 3.98. The Hall–Kier alpha value is -0.260. The van der Waals surface area contributed by atoms with Crippen LogP contribution in [0.1, 0.15) is 25.7 Å². The molecule has 0 heterocycles. The van der Waals surface area contributed by atoms with Gasteiger partial charge in [-0.1, -0.05) is 11.6 Å². The van der Waals surface area contributed by atoms with Crippen LogP contribution in [0.5, 0.6) is 0 Å². The minimum Gasteiger partial charge on any atom is -0.0819 e. The molecular weight excluding hydrogens is 108 g/mol. The first-order valence-corrected chi connectivity index (χ1v) is 4.12. The lowest BCUT2D eigenvalue weighted by molar-refractivity contribution is 0.320. The van der Waals surface area contributed by atoms with Crippen LogP contribution in [0.25, 0.3) is 0 Å². The molecule has 48 valence electrons. The summed E-state index contributed by atoms with van der Waals surface area (Å²) in [4.78, 5) is 0. The molecule has 0 amide bonds. The van der Waals surface area contributed by atoms with E-state index >= 15 is 0 Å². The zero-order chi connectivity index (χ0) is 5.84. The lowest BCUT2D eigenvalue weighted by Gasteiger charge is -2.21. The van der Waals surface area contributed by atoms with E-state index in [0.717, 1.165) is 17.8 Å². The average Bonchev–Trinajstić information content (AvgIpc) is 2.20. The highest BCUT2D eigenvalue weighted by molar-refractivity contribution is 5.24. The van der Waals surface area contributed by atoms with Crippen molar-refractivity contribution in [3.05, 3.63) is 11.6 Å². The average molecular weight is 120 g/mol. The highest BCUT2D eigenvalue weighted by Crippen LogP contribution is 2.53. The Kier molecular flexibility index (Phi) is 0.633. The molecule has 0 aliphatic heterocycles. The van der Waals surface area contributed by atoms with Crippen molar-refractivity contribution in [3.8, 4) is 0 Å². The summed E-state index contributed by atoms with van der Waals surface area (Å²) in [6, 6.07) is 0. The molecule has 2 saturated carbocycles. The molecule has 3 atom stereocenters. The third-order valence-corrected chi connectivity index (χ3v) is 3.34. The molecule has 0 aromatic rings. The summed E-state index contributed by atoms with van der Waals surface area (Å²) in [5, 5.41) is 0. The molecule has 0 heteroatoms. The summed E-state index contributed by atoms with van der Waals surface area (Å²) < 4.78 is 0. The van der Waals surface area contributed by atoms with Crippen molar-refractivity contribution in [2.45, 2.75) is 25.7 Å². The summed E-state index contributed by atoms with van der Waals surface area (Å²) in [7, 11) is 0. The van der Waals surface area contributed by atoms with E-state index in [1.165, 1.54) is 19.3 Å². The first-order chi connectivity index (χ1) is 4.42. The van der Waals surface area contributed by atoms with Crippen LogP contribution in [0.15, 0.2) is 11.6 Å². The monoisotopic (exact) mass is 120 g/mol. The van der Waals surface area contributed by atoms with Crippen molar-refractivity contribution < 1.29 is 0 Å². The molecule has 0 radical (unpaired) electrons. The van der Waals surface area contributed by atoms with Crippen LogP contribution in [-0.2, 0) is 0 Å². The molecule has 4 aliphatic rings. The largest absolute Gasteiger partial charge is 0.0819 e. The van der Waals surface area contributed by atoms with Gasteiger partial charge in [-0.3, -0.25) is 0 Å². The van der Waals surface area contributed by atoms with Gasteiger partial charge in [-0.15, -0.1) is 0 Å². The zero-order valence-electron chi connectivity index (χ0n) is 5.64. The van der Waals surface area contributed by atoms with Crippen molar-refractivity contribution in [3.63, 3.8) is 0 Å². The molecule has 3 unspecified atom stereocenters. The van der Waals surface area contributed by atoms with Crippen molar-refractivity contribution in [1.82, 2.24) is 0 Å². The third kappa shape index (κ3) is 0.452. The lowest BCUT2D eigenvalue weighted by atomic mass is 9.84. The number of hydrogen-bond acceptors (Lipinski definition) is 0. The second-order valence-corrected chi connectivity index (χ2v) is 3.98. The molecule has 0 saturated heterocycles. The molecule has 0 spiro atoms. The van der Waals surface area contributed by atoms with E-state index in [0.29, 0.717) is 0 Å². The Balaban J connectivity index is 2.13. The number of hydrogen-bond donors (Lipinski definition) is 0. The smallest absolute Gasteiger partial charge is 0.0195 e. The van der Waals surface area contributed by atoms with E-state index in [1.54, 1.807) is 6.42 Å². The molecule has 9 heavy (non-hydrogen) atoms. The molecule has 0 aromatic heterocycles. The van der Waals surface area contributed by atoms with E-state index in [4.69, 9.17) is 0 Å². The van der Waals surface area contributed by atoms with Crippen LogP contribution in [0.3, 0.4) is 0 Å². The van der Waals surface area contributed by atoms with Gasteiger partial charge in [0.2, 0.25) is 0 Å². The normalized spacial score (nSPS) is 52.4. The number of rotatable bonds is 0. The summed E-state index contributed by atoms with van der Waals surface area (Å²) >= 11 is 0. The van der Waals surface area contributed by atoms with Crippen molar-refractivity contribution >= 4 is 0 Å². The van der Waals surface area contributed by atoms with Crippen LogP contribution in [-0.4, -0.2) is 0 Å². The molecule has 0 aromatic carbocycles. The van der Waals surface area contributed by atoms with Gasteiger partial charge in [0.1, 0.15) is 0 Å². The predicted molar refractivity (Wildman–Crippen MR) is 37.0 cm³/mol. The summed E-state index contributed by atoms with van der Waals surface area (Å²) in [6.07, 6.45) is 8.63. The van der Waals surface area contributed by atoms with Gasteiger partial charge in [0.15, 0.2) is 0 Å². The van der Waals surface area contributed by atoms with E-state index in [1.807, 2.05) is 5.57 Å². The van der Waals surface area contributed by atoms with Gasteiger partial charge in [-0.2, -0.15) is 0 Å². The van der Waals surface area contributed by atoms with Gasteiger partial charge >= 0.3 is 0 Å². The second kappa shape index (κ2) is 1.25. The fraction of sp³-hybridized carbons (Fsp3) is 0.778. The topological polar surface area (TPSA) is 0 Å². The van der Waals surface area contributed by atoms with E-state index < -0.39 is 0 Å². The maximum absolute atomic E-state index is 2.56. The van der Waals surface area contributed by atoms with E-state index in [-0.39, 0.29) is 0 Å². The maximum atomic E-state index is 2.56.